The Morgan fingerprint density at radius 2 is 1.49 bits per heavy atom. The molecule has 3 aromatic carbocycles. The highest BCUT2D eigenvalue weighted by Crippen LogP contribution is 2.32. The summed E-state index contributed by atoms with van der Waals surface area (Å²) < 4.78 is 7.56. The number of nitrogens with zero attached hydrogens (tertiary/aromatic N) is 6. The molecule has 1 aliphatic rings. The quantitative estimate of drug-likeness (QED) is 0.368. The van der Waals surface area contributed by atoms with Gasteiger partial charge in [0.2, 0.25) is 0 Å². The molecule has 0 aliphatic carbocycles. The number of para-hydroxylation sites is 2. The summed E-state index contributed by atoms with van der Waals surface area (Å²) in [5.74, 6) is 1.81. The van der Waals surface area contributed by atoms with Gasteiger partial charge in [0, 0.05) is 32.7 Å². The average Bonchev–Trinajstić information content (AvgIpc) is 3.37. The lowest BCUT2D eigenvalue weighted by atomic mass is 10.0. The van der Waals surface area contributed by atoms with Crippen molar-refractivity contribution in [1.29, 1.82) is 0 Å². The van der Waals surface area contributed by atoms with Crippen LogP contribution in [-0.4, -0.2) is 58.4 Å². The van der Waals surface area contributed by atoms with Crippen LogP contribution in [0.4, 0.5) is 5.69 Å². The number of methoxy groups -OCH3 is 1. The van der Waals surface area contributed by atoms with Gasteiger partial charge in [0.05, 0.1) is 18.8 Å². The van der Waals surface area contributed by atoms with Gasteiger partial charge in [-0.3, -0.25) is 4.90 Å². The van der Waals surface area contributed by atoms with Gasteiger partial charge < -0.3 is 9.64 Å². The Balaban J connectivity index is 0.00000289. The Labute approximate surface area is 212 Å². The molecule has 1 unspecified atom stereocenters. The SMILES string of the molecule is COc1ccccc1N1CCN(C(c2ccccc2)c2nnnn2CCc2ccccc2)CC1.Cl. The molecule has 0 spiro atoms. The summed E-state index contributed by atoms with van der Waals surface area (Å²) in [6.07, 6.45) is 0.891. The lowest BCUT2D eigenvalue weighted by molar-refractivity contribution is 0.200. The molecule has 2 heterocycles. The van der Waals surface area contributed by atoms with E-state index in [1.54, 1.807) is 7.11 Å². The van der Waals surface area contributed by atoms with Crippen molar-refractivity contribution in [2.45, 2.75) is 19.0 Å². The van der Waals surface area contributed by atoms with E-state index in [0.717, 1.165) is 56.4 Å². The summed E-state index contributed by atoms with van der Waals surface area (Å²) in [5.41, 5.74) is 3.64. The van der Waals surface area contributed by atoms with Crippen LogP contribution in [0.1, 0.15) is 23.0 Å². The van der Waals surface area contributed by atoms with Crippen LogP contribution in [0.15, 0.2) is 84.9 Å². The summed E-state index contributed by atoms with van der Waals surface area (Å²) in [5, 5.41) is 12.9. The molecule has 0 amide bonds. The molecule has 8 heteroatoms. The van der Waals surface area contributed by atoms with Gasteiger partial charge in [-0.1, -0.05) is 72.8 Å². The zero-order valence-corrected chi connectivity index (χ0v) is 20.7. The first-order valence-electron chi connectivity index (χ1n) is 11.8. The van der Waals surface area contributed by atoms with Crippen LogP contribution in [0, 0.1) is 0 Å². The summed E-state index contributed by atoms with van der Waals surface area (Å²) in [7, 11) is 1.73. The zero-order chi connectivity index (χ0) is 23.2. The first-order valence-corrected chi connectivity index (χ1v) is 11.8. The van der Waals surface area contributed by atoms with Gasteiger partial charge in [-0.2, -0.15) is 0 Å². The predicted octanol–water partition coefficient (Wildman–Crippen LogP) is 4.26. The molecular weight excluding hydrogens is 460 g/mol. The highest BCUT2D eigenvalue weighted by molar-refractivity contribution is 5.85. The van der Waals surface area contributed by atoms with Gasteiger partial charge in [-0.15, -0.1) is 17.5 Å². The minimum atomic E-state index is 0. The van der Waals surface area contributed by atoms with E-state index in [2.05, 4.69) is 92.1 Å². The number of aromatic nitrogens is 4. The monoisotopic (exact) mass is 490 g/mol. The second-order valence-electron chi connectivity index (χ2n) is 8.50. The number of benzene rings is 3. The van der Waals surface area contributed by atoms with E-state index in [4.69, 9.17) is 4.74 Å². The van der Waals surface area contributed by atoms with Crippen LogP contribution in [-0.2, 0) is 13.0 Å². The third kappa shape index (κ3) is 5.63. The van der Waals surface area contributed by atoms with Crippen molar-refractivity contribution in [2.75, 3.05) is 38.2 Å². The van der Waals surface area contributed by atoms with Crippen LogP contribution in [0.2, 0.25) is 0 Å². The van der Waals surface area contributed by atoms with E-state index in [0.29, 0.717) is 0 Å². The molecular formula is C27H31ClN6O. The fraction of sp³-hybridized carbons (Fsp3) is 0.296. The van der Waals surface area contributed by atoms with Crippen LogP contribution < -0.4 is 9.64 Å². The molecule has 0 saturated carbocycles. The number of hydrogen-bond donors (Lipinski definition) is 0. The van der Waals surface area contributed by atoms with E-state index >= 15 is 0 Å². The van der Waals surface area contributed by atoms with E-state index < -0.39 is 0 Å². The van der Waals surface area contributed by atoms with Crippen molar-refractivity contribution < 1.29 is 4.74 Å². The fourth-order valence-corrected chi connectivity index (χ4v) is 4.72. The maximum absolute atomic E-state index is 5.60. The number of ether oxygens (including phenoxy) is 1. The molecule has 5 rings (SSSR count). The highest BCUT2D eigenvalue weighted by atomic mass is 35.5. The van der Waals surface area contributed by atoms with E-state index in [9.17, 15) is 0 Å². The second kappa shape index (κ2) is 11.8. The summed E-state index contributed by atoms with van der Waals surface area (Å²) in [4.78, 5) is 4.89. The van der Waals surface area contributed by atoms with Crippen LogP contribution in [0.3, 0.4) is 0 Å². The highest BCUT2D eigenvalue weighted by Gasteiger charge is 2.31. The molecule has 0 radical (unpaired) electrons. The molecule has 35 heavy (non-hydrogen) atoms. The molecule has 1 fully saturated rings. The van der Waals surface area contributed by atoms with Gasteiger partial charge in [0.1, 0.15) is 5.75 Å². The number of tetrazole rings is 1. The van der Waals surface area contributed by atoms with Crippen molar-refractivity contribution in [3.63, 3.8) is 0 Å². The smallest absolute Gasteiger partial charge is 0.173 e. The normalized spacial score (nSPS) is 14.8. The molecule has 1 aromatic heterocycles. The number of aryl methyl sites for hydroxylation is 2. The van der Waals surface area contributed by atoms with Crippen molar-refractivity contribution in [3.8, 4) is 5.75 Å². The first-order chi connectivity index (χ1) is 16.8. The lowest BCUT2D eigenvalue weighted by Crippen LogP contribution is -2.48. The molecule has 4 aromatic rings. The van der Waals surface area contributed by atoms with Crippen LogP contribution in [0.25, 0.3) is 0 Å². The largest absolute Gasteiger partial charge is 0.495 e. The number of halogens is 1. The number of anilines is 1. The Kier molecular flexibility index (Phi) is 8.34. The Hall–Kier alpha value is -3.42. The van der Waals surface area contributed by atoms with Crippen LogP contribution in [0.5, 0.6) is 5.75 Å². The maximum Gasteiger partial charge on any atom is 0.173 e. The Bertz CT molecular complexity index is 1180. The van der Waals surface area contributed by atoms with Gasteiger partial charge in [-0.25, -0.2) is 4.68 Å². The van der Waals surface area contributed by atoms with Crippen molar-refractivity contribution in [3.05, 3.63) is 102 Å². The van der Waals surface area contributed by atoms with Crippen molar-refractivity contribution in [1.82, 2.24) is 25.1 Å². The third-order valence-electron chi connectivity index (χ3n) is 6.48. The van der Waals surface area contributed by atoms with Gasteiger partial charge in [-0.05, 0) is 40.1 Å². The van der Waals surface area contributed by atoms with Crippen molar-refractivity contribution >= 4 is 18.1 Å². The minimum absolute atomic E-state index is 0. The second-order valence-corrected chi connectivity index (χ2v) is 8.50. The molecule has 0 bridgehead atoms. The lowest BCUT2D eigenvalue weighted by Gasteiger charge is -2.40. The fourth-order valence-electron chi connectivity index (χ4n) is 4.72. The maximum atomic E-state index is 5.60. The molecule has 1 atom stereocenters. The zero-order valence-electron chi connectivity index (χ0n) is 19.9. The van der Waals surface area contributed by atoms with Crippen molar-refractivity contribution in [2.24, 2.45) is 0 Å². The Morgan fingerprint density at radius 1 is 0.829 bits per heavy atom. The number of piperazine rings is 1. The topological polar surface area (TPSA) is 59.3 Å². The van der Waals surface area contributed by atoms with E-state index in [1.807, 2.05) is 22.9 Å². The minimum Gasteiger partial charge on any atom is -0.495 e. The predicted molar refractivity (Wildman–Crippen MR) is 140 cm³/mol. The number of rotatable bonds is 8. The molecule has 182 valence electrons. The van der Waals surface area contributed by atoms with Gasteiger partial charge in [0.25, 0.3) is 0 Å². The van der Waals surface area contributed by atoms with Gasteiger partial charge >= 0.3 is 0 Å². The van der Waals surface area contributed by atoms with E-state index in [-0.39, 0.29) is 18.4 Å². The molecule has 7 nitrogen and oxygen atoms in total. The summed E-state index contributed by atoms with van der Waals surface area (Å²) in [6.45, 7) is 4.38. The van der Waals surface area contributed by atoms with Gasteiger partial charge in [0.15, 0.2) is 5.82 Å². The molecule has 0 N–H and O–H groups in total. The molecule has 1 saturated heterocycles. The average molecular weight is 491 g/mol. The Morgan fingerprint density at radius 3 is 2.20 bits per heavy atom. The summed E-state index contributed by atoms with van der Waals surface area (Å²) in [6, 6.07) is 29.3. The van der Waals surface area contributed by atoms with E-state index in [1.165, 1.54) is 11.1 Å². The number of hydrogen-bond acceptors (Lipinski definition) is 6. The summed E-state index contributed by atoms with van der Waals surface area (Å²) >= 11 is 0. The van der Waals surface area contributed by atoms with Crippen LogP contribution >= 0.6 is 12.4 Å². The standard InChI is InChI=1S/C27H30N6O.ClH/c1-34-25-15-9-8-14-24(25)31-18-20-32(21-19-31)26(23-12-6-3-7-13-23)27-28-29-30-33(27)17-16-22-10-4-2-5-11-22;/h2-15,26H,16-21H2,1H3;1H. The third-order valence-corrected chi connectivity index (χ3v) is 6.48. The molecule has 1 aliphatic heterocycles. The first kappa shape index (κ1) is 24.7.